The lowest BCUT2D eigenvalue weighted by Gasteiger charge is -2.05. The molecule has 94 valence electrons. The van der Waals surface area contributed by atoms with E-state index in [1.165, 1.54) is 18.2 Å². The zero-order valence-electron chi connectivity index (χ0n) is 9.79. The van der Waals surface area contributed by atoms with E-state index >= 15 is 0 Å². The Morgan fingerprint density at radius 3 is 2.83 bits per heavy atom. The fourth-order valence-corrected chi connectivity index (χ4v) is 1.49. The molecule has 1 aromatic heterocycles. The molecule has 6 nitrogen and oxygen atoms in total. The van der Waals surface area contributed by atoms with Crippen LogP contribution < -0.4 is 5.32 Å². The Hall–Kier alpha value is -2.50. The molecule has 1 heterocycles. The summed E-state index contributed by atoms with van der Waals surface area (Å²) < 4.78 is 1.66. The molecule has 0 fully saturated rings. The molecule has 0 aliphatic rings. The molecule has 3 N–H and O–H groups in total. The van der Waals surface area contributed by atoms with Gasteiger partial charge in [-0.3, -0.25) is 9.48 Å². The van der Waals surface area contributed by atoms with Gasteiger partial charge in [0, 0.05) is 18.8 Å². The van der Waals surface area contributed by atoms with Crippen LogP contribution in [-0.2, 0) is 6.54 Å². The van der Waals surface area contributed by atoms with Crippen molar-refractivity contribution < 1.29 is 15.0 Å². The number of hydrogen-bond acceptors (Lipinski definition) is 4. The number of rotatable bonds is 3. The summed E-state index contributed by atoms with van der Waals surface area (Å²) in [6.45, 7) is 2.63. The van der Waals surface area contributed by atoms with Gasteiger partial charge in [0.2, 0.25) is 0 Å². The van der Waals surface area contributed by atoms with Crippen LogP contribution in [0, 0.1) is 0 Å². The van der Waals surface area contributed by atoms with Gasteiger partial charge in [-0.2, -0.15) is 5.10 Å². The molecule has 18 heavy (non-hydrogen) atoms. The normalized spacial score (nSPS) is 10.3. The van der Waals surface area contributed by atoms with E-state index in [0.29, 0.717) is 12.4 Å². The second-order valence-corrected chi connectivity index (χ2v) is 3.71. The minimum absolute atomic E-state index is 0.000971. The molecule has 0 aliphatic carbocycles. The van der Waals surface area contributed by atoms with E-state index in [1.54, 1.807) is 16.9 Å². The van der Waals surface area contributed by atoms with Gasteiger partial charge in [0.25, 0.3) is 5.91 Å². The summed E-state index contributed by atoms with van der Waals surface area (Å²) in [5, 5.41) is 25.4. The smallest absolute Gasteiger partial charge is 0.260 e. The highest BCUT2D eigenvalue weighted by molar-refractivity contribution is 6.05. The molecule has 0 radical (unpaired) electrons. The van der Waals surface area contributed by atoms with E-state index in [4.69, 9.17) is 0 Å². The first-order chi connectivity index (χ1) is 8.60. The summed E-state index contributed by atoms with van der Waals surface area (Å²) in [6, 6.07) is 5.41. The molecule has 0 unspecified atom stereocenters. The van der Waals surface area contributed by atoms with Gasteiger partial charge in [-0.05, 0) is 25.1 Å². The SMILES string of the molecule is CCn1ccc(NC(=O)c2cc(O)ccc2O)n1. The molecule has 0 saturated heterocycles. The lowest BCUT2D eigenvalue weighted by Crippen LogP contribution is -2.12. The number of aromatic nitrogens is 2. The predicted octanol–water partition coefficient (Wildman–Crippen LogP) is 1.57. The Labute approximate surface area is 103 Å². The molecule has 0 saturated carbocycles. The topological polar surface area (TPSA) is 87.4 Å². The average molecular weight is 247 g/mol. The van der Waals surface area contributed by atoms with Crippen LogP contribution in [0.25, 0.3) is 0 Å². The van der Waals surface area contributed by atoms with E-state index in [-0.39, 0.29) is 17.1 Å². The van der Waals surface area contributed by atoms with E-state index in [1.807, 2.05) is 6.92 Å². The van der Waals surface area contributed by atoms with Crippen molar-refractivity contribution in [3.63, 3.8) is 0 Å². The maximum Gasteiger partial charge on any atom is 0.260 e. The van der Waals surface area contributed by atoms with Gasteiger partial charge in [-0.1, -0.05) is 0 Å². The van der Waals surface area contributed by atoms with Crippen molar-refractivity contribution in [1.82, 2.24) is 9.78 Å². The largest absolute Gasteiger partial charge is 0.508 e. The van der Waals surface area contributed by atoms with Crippen LogP contribution in [0.3, 0.4) is 0 Å². The molecule has 2 aromatic rings. The van der Waals surface area contributed by atoms with E-state index in [9.17, 15) is 15.0 Å². The number of aromatic hydroxyl groups is 2. The number of amides is 1. The Bertz CT molecular complexity index is 578. The summed E-state index contributed by atoms with van der Waals surface area (Å²) in [7, 11) is 0. The number of benzene rings is 1. The van der Waals surface area contributed by atoms with Crippen LogP contribution in [0.5, 0.6) is 11.5 Å². The van der Waals surface area contributed by atoms with Gasteiger partial charge < -0.3 is 15.5 Å². The molecule has 1 amide bonds. The molecule has 0 spiro atoms. The van der Waals surface area contributed by atoms with Crippen molar-refractivity contribution >= 4 is 11.7 Å². The second-order valence-electron chi connectivity index (χ2n) is 3.71. The third-order valence-corrected chi connectivity index (χ3v) is 2.43. The number of anilines is 1. The fourth-order valence-electron chi connectivity index (χ4n) is 1.49. The third-order valence-electron chi connectivity index (χ3n) is 2.43. The van der Waals surface area contributed by atoms with Crippen LogP contribution in [0.2, 0.25) is 0 Å². The van der Waals surface area contributed by atoms with Gasteiger partial charge in [0.15, 0.2) is 5.82 Å². The van der Waals surface area contributed by atoms with Gasteiger partial charge in [-0.15, -0.1) is 0 Å². The number of nitrogens with zero attached hydrogens (tertiary/aromatic N) is 2. The monoisotopic (exact) mass is 247 g/mol. The predicted molar refractivity (Wildman–Crippen MR) is 65.6 cm³/mol. The maximum absolute atomic E-state index is 11.9. The highest BCUT2D eigenvalue weighted by atomic mass is 16.3. The number of nitrogens with one attached hydrogen (secondary N) is 1. The van der Waals surface area contributed by atoms with Crippen molar-refractivity contribution in [2.24, 2.45) is 0 Å². The number of carbonyl (C=O) groups excluding carboxylic acids is 1. The van der Waals surface area contributed by atoms with Crippen LogP contribution in [0.15, 0.2) is 30.5 Å². The third kappa shape index (κ3) is 2.42. The quantitative estimate of drug-likeness (QED) is 0.718. The van der Waals surface area contributed by atoms with Gasteiger partial charge in [0.05, 0.1) is 5.56 Å². The van der Waals surface area contributed by atoms with Crippen molar-refractivity contribution in [1.29, 1.82) is 0 Å². The molecular formula is C12H13N3O3. The minimum Gasteiger partial charge on any atom is -0.508 e. The van der Waals surface area contributed by atoms with E-state index in [2.05, 4.69) is 10.4 Å². The fraction of sp³-hybridized carbons (Fsp3) is 0.167. The molecule has 6 heteroatoms. The molecule has 0 bridgehead atoms. The summed E-state index contributed by atoms with van der Waals surface area (Å²) in [6.07, 6.45) is 1.73. The number of phenolic OH excluding ortho intramolecular Hbond substituents is 2. The molecule has 1 aromatic carbocycles. The van der Waals surface area contributed by atoms with Crippen molar-refractivity contribution in [2.75, 3.05) is 5.32 Å². The first kappa shape index (κ1) is 12.0. The van der Waals surface area contributed by atoms with Gasteiger partial charge in [-0.25, -0.2) is 0 Å². The van der Waals surface area contributed by atoms with Crippen LogP contribution >= 0.6 is 0 Å². The van der Waals surface area contributed by atoms with Crippen molar-refractivity contribution in [3.05, 3.63) is 36.0 Å². The van der Waals surface area contributed by atoms with Crippen LogP contribution in [-0.4, -0.2) is 25.9 Å². The van der Waals surface area contributed by atoms with Crippen LogP contribution in [0.1, 0.15) is 17.3 Å². The van der Waals surface area contributed by atoms with Crippen molar-refractivity contribution in [2.45, 2.75) is 13.5 Å². The first-order valence-electron chi connectivity index (χ1n) is 5.47. The zero-order valence-corrected chi connectivity index (χ0v) is 9.79. The lowest BCUT2D eigenvalue weighted by atomic mass is 10.2. The highest BCUT2D eigenvalue weighted by Crippen LogP contribution is 2.22. The first-order valence-corrected chi connectivity index (χ1v) is 5.47. The van der Waals surface area contributed by atoms with E-state index in [0.717, 1.165) is 0 Å². The summed E-state index contributed by atoms with van der Waals surface area (Å²) in [5.41, 5.74) is 0.000971. The maximum atomic E-state index is 11.9. The number of carbonyl (C=O) groups is 1. The van der Waals surface area contributed by atoms with Crippen molar-refractivity contribution in [3.8, 4) is 11.5 Å². The Balaban J connectivity index is 2.19. The number of hydrogen-bond donors (Lipinski definition) is 3. The summed E-state index contributed by atoms with van der Waals surface area (Å²) >= 11 is 0. The highest BCUT2D eigenvalue weighted by Gasteiger charge is 2.13. The Kier molecular flexibility index (Phi) is 3.18. The number of phenols is 2. The summed E-state index contributed by atoms with van der Waals surface area (Å²) in [5.74, 6) is -0.411. The molecule has 0 atom stereocenters. The molecular weight excluding hydrogens is 234 g/mol. The standard InChI is InChI=1S/C12H13N3O3/c1-2-15-6-5-11(14-15)13-12(18)9-7-8(16)3-4-10(9)17/h3-7,16-17H,2H2,1H3,(H,13,14,18). The van der Waals surface area contributed by atoms with Crippen LogP contribution in [0.4, 0.5) is 5.82 Å². The minimum atomic E-state index is -0.523. The average Bonchev–Trinajstić information content (AvgIpc) is 2.80. The second kappa shape index (κ2) is 4.79. The number of aryl methyl sites for hydroxylation is 1. The van der Waals surface area contributed by atoms with Gasteiger partial charge in [0.1, 0.15) is 11.5 Å². The Morgan fingerprint density at radius 2 is 2.17 bits per heavy atom. The van der Waals surface area contributed by atoms with E-state index < -0.39 is 5.91 Å². The Morgan fingerprint density at radius 1 is 1.39 bits per heavy atom. The summed E-state index contributed by atoms with van der Waals surface area (Å²) in [4.78, 5) is 11.9. The molecule has 2 rings (SSSR count). The van der Waals surface area contributed by atoms with Gasteiger partial charge >= 0.3 is 0 Å². The lowest BCUT2D eigenvalue weighted by molar-refractivity contribution is 0.102. The molecule has 0 aliphatic heterocycles. The zero-order chi connectivity index (χ0) is 13.1.